The molecule has 0 spiro atoms. The van der Waals surface area contributed by atoms with Gasteiger partial charge in [0.15, 0.2) is 0 Å². The molecule has 1 unspecified atom stereocenters. The number of nitrogens with one attached hydrogen (secondary N) is 1. The molecule has 6 rings (SSSR count). The van der Waals surface area contributed by atoms with E-state index in [4.69, 9.17) is 16.7 Å². The fourth-order valence-electron chi connectivity index (χ4n) is 5.37. The predicted molar refractivity (Wildman–Crippen MR) is 153 cm³/mol. The number of hydrogen-bond donors (Lipinski definition) is 1. The molecule has 1 atom stereocenters. The highest BCUT2D eigenvalue weighted by atomic mass is 79.9. The summed E-state index contributed by atoms with van der Waals surface area (Å²) in [4.78, 5) is 41.6. The molecule has 10 heteroatoms. The Kier molecular flexibility index (Phi) is 6.59. The molecule has 1 saturated carbocycles. The first-order chi connectivity index (χ1) is 18.8. The molecular weight excluding hydrogens is 582 g/mol. The molecule has 8 nitrogen and oxygen atoms in total. The maximum Gasteiger partial charge on any atom is 0.261 e. The van der Waals surface area contributed by atoms with Crippen molar-refractivity contribution in [1.29, 1.82) is 0 Å². The van der Waals surface area contributed by atoms with E-state index in [2.05, 4.69) is 21.2 Å². The fourth-order valence-corrected chi connectivity index (χ4v) is 5.80. The standard InChI is InChI=1S/C29H27BrClN5O3/c1-16-11-22-25(15-34(16)28(38)19-7-10-23(30)24(31)13-19)36-27(20(14-33-36)12-17-3-4-17)35(29(22)39)21-8-5-18(6-9-21)26(37)32-2/h5-10,13-14,16-17H,3-4,11-12,15H2,1-2H3,(H,32,37). The number of amides is 2. The van der Waals surface area contributed by atoms with Crippen molar-refractivity contribution in [3.8, 4) is 5.69 Å². The summed E-state index contributed by atoms with van der Waals surface area (Å²) in [6, 6.07) is 12.0. The van der Waals surface area contributed by atoms with E-state index in [1.54, 1.807) is 59.0 Å². The summed E-state index contributed by atoms with van der Waals surface area (Å²) in [6.45, 7) is 2.21. The van der Waals surface area contributed by atoms with Crippen LogP contribution in [0.3, 0.4) is 0 Å². The second-order valence-corrected chi connectivity index (χ2v) is 11.6. The van der Waals surface area contributed by atoms with Crippen LogP contribution in [0.2, 0.25) is 5.02 Å². The van der Waals surface area contributed by atoms with E-state index >= 15 is 0 Å². The van der Waals surface area contributed by atoms with E-state index in [1.807, 2.05) is 17.6 Å². The van der Waals surface area contributed by atoms with Crippen molar-refractivity contribution in [3.63, 3.8) is 0 Å². The second kappa shape index (κ2) is 9.95. The first-order valence-corrected chi connectivity index (χ1v) is 14.2. The molecule has 2 aromatic heterocycles. The lowest BCUT2D eigenvalue weighted by Gasteiger charge is -2.35. The Balaban J connectivity index is 1.48. The Hall–Kier alpha value is -3.43. The van der Waals surface area contributed by atoms with Gasteiger partial charge in [0.05, 0.1) is 29.1 Å². The topological polar surface area (TPSA) is 88.7 Å². The van der Waals surface area contributed by atoms with Crippen LogP contribution in [0.5, 0.6) is 0 Å². The SMILES string of the molecule is CNC(=O)c1ccc(-n2c(=O)c3c(n4ncc(CC5CC5)c24)CN(C(=O)c2ccc(Br)c(Cl)c2)C(C)C3)cc1. The fraction of sp³-hybridized carbons (Fsp3) is 0.310. The Bertz CT molecular complexity index is 1690. The molecule has 3 heterocycles. The summed E-state index contributed by atoms with van der Waals surface area (Å²) in [5.74, 6) is 0.261. The maximum absolute atomic E-state index is 14.1. The number of hydrogen-bond acceptors (Lipinski definition) is 4. The smallest absolute Gasteiger partial charge is 0.261 e. The van der Waals surface area contributed by atoms with Crippen LogP contribution in [0.4, 0.5) is 0 Å². The number of benzene rings is 2. The number of nitrogens with zero attached hydrogens (tertiary/aromatic N) is 4. The van der Waals surface area contributed by atoms with Gasteiger partial charge >= 0.3 is 0 Å². The van der Waals surface area contributed by atoms with Gasteiger partial charge in [-0.3, -0.25) is 19.0 Å². The number of halogens is 2. The molecule has 1 aliphatic carbocycles. The Morgan fingerprint density at radius 1 is 1.13 bits per heavy atom. The third-order valence-corrected chi connectivity index (χ3v) is 8.93. The first-order valence-electron chi connectivity index (χ1n) is 13.0. The van der Waals surface area contributed by atoms with Gasteiger partial charge in [-0.05, 0) is 96.9 Å². The normalized spacial score (nSPS) is 16.8. The zero-order chi connectivity index (χ0) is 27.4. The molecule has 2 amide bonds. The monoisotopic (exact) mass is 607 g/mol. The first kappa shape index (κ1) is 25.8. The molecule has 39 heavy (non-hydrogen) atoms. The highest BCUT2D eigenvalue weighted by molar-refractivity contribution is 9.10. The van der Waals surface area contributed by atoms with Gasteiger partial charge in [0.2, 0.25) is 0 Å². The largest absolute Gasteiger partial charge is 0.355 e. The third-order valence-electron chi connectivity index (χ3n) is 7.69. The van der Waals surface area contributed by atoms with Crippen molar-refractivity contribution >= 4 is 45.0 Å². The molecule has 2 aliphatic rings. The van der Waals surface area contributed by atoms with Crippen LogP contribution in [-0.2, 0) is 19.4 Å². The zero-order valence-corrected chi connectivity index (χ0v) is 23.9. The highest BCUT2D eigenvalue weighted by Crippen LogP contribution is 2.35. The van der Waals surface area contributed by atoms with E-state index in [9.17, 15) is 14.4 Å². The highest BCUT2D eigenvalue weighted by Gasteiger charge is 2.34. The van der Waals surface area contributed by atoms with E-state index in [1.165, 1.54) is 12.8 Å². The molecule has 1 fully saturated rings. The molecule has 4 aromatic rings. The number of rotatable bonds is 5. The summed E-state index contributed by atoms with van der Waals surface area (Å²) >= 11 is 9.66. The molecular formula is C29H27BrClN5O3. The Morgan fingerprint density at radius 3 is 2.51 bits per heavy atom. The van der Waals surface area contributed by atoms with Crippen LogP contribution < -0.4 is 10.9 Å². The van der Waals surface area contributed by atoms with Crippen molar-refractivity contribution in [1.82, 2.24) is 24.4 Å². The average molecular weight is 609 g/mol. The Labute approximate surface area is 238 Å². The summed E-state index contributed by atoms with van der Waals surface area (Å²) in [7, 11) is 1.59. The second-order valence-electron chi connectivity index (χ2n) is 10.4. The van der Waals surface area contributed by atoms with E-state index in [0.717, 1.165) is 22.2 Å². The summed E-state index contributed by atoms with van der Waals surface area (Å²) in [5.41, 5.74) is 4.66. The van der Waals surface area contributed by atoms with Gasteiger partial charge < -0.3 is 10.2 Å². The van der Waals surface area contributed by atoms with Gasteiger partial charge in [-0.2, -0.15) is 5.10 Å². The van der Waals surface area contributed by atoms with Crippen LogP contribution in [0.25, 0.3) is 11.3 Å². The number of carbonyl (C=O) groups excluding carboxylic acids is 2. The van der Waals surface area contributed by atoms with Crippen molar-refractivity contribution in [2.45, 2.75) is 45.2 Å². The van der Waals surface area contributed by atoms with Crippen molar-refractivity contribution in [2.24, 2.45) is 5.92 Å². The molecule has 1 N–H and O–H groups in total. The zero-order valence-electron chi connectivity index (χ0n) is 21.6. The number of fused-ring (bicyclic) bond motifs is 3. The molecule has 0 radical (unpaired) electrons. The van der Waals surface area contributed by atoms with Crippen LogP contribution in [0, 0.1) is 5.92 Å². The van der Waals surface area contributed by atoms with Gasteiger partial charge in [-0.15, -0.1) is 0 Å². The molecule has 1 aliphatic heterocycles. The minimum Gasteiger partial charge on any atom is -0.355 e. The van der Waals surface area contributed by atoms with E-state index in [0.29, 0.717) is 45.4 Å². The lowest BCUT2D eigenvalue weighted by molar-refractivity contribution is 0.0651. The molecule has 0 saturated heterocycles. The van der Waals surface area contributed by atoms with Crippen LogP contribution in [-0.4, -0.2) is 44.0 Å². The lowest BCUT2D eigenvalue weighted by Crippen LogP contribution is -2.46. The van der Waals surface area contributed by atoms with E-state index in [-0.39, 0.29) is 30.0 Å². The van der Waals surface area contributed by atoms with Crippen molar-refractivity contribution < 1.29 is 9.59 Å². The minimum atomic E-state index is -0.205. The predicted octanol–water partition coefficient (Wildman–Crippen LogP) is 4.80. The van der Waals surface area contributed by atoms with Crippen LogP contribution in [0.15, 0.2) is 57.9 Å². The van der Waals surface area contributed by atoms with Gasteiger partial charge in [0.25, 0.3) is 17.4 Å². The molecule has 2 aromatic carbocycles. The van der Waals surface area contributed by atoms with Crippen molar-refractivity contribution in [3.05, 3.63) is 96.5 Å². The average Bonchev–Trinajstić information content (AvgIpc) is 3.67. The maximum atomic E-state index is 14.1. The summed E-state index contributed by atoms with van der Waals surface area (Å²) in [5, 5.41) is 7.84. The van der Waals surface area contributed by atoms with Crippen LogP contribution in [0.1, 0.15) is 57.3 Å². The lowest BCUT2D eigenvalue weighted by atomic mass is 9.98. The van der Waals surface area contributed by atoms with Gasteiger partial charge in [0.1, 0.15) is 5.65 Å². The van der Waals surface area contributed by atoms with Crippen LogP contribution >= 0.6 is 27.5 Å². The van der Waals surface area contributed by atoms with Gasteiger partial charge in [-0.1, -0.05) is 11.6 Å². The van der Waals surface area contributed by atoms with Gasteiger partial charge in [-0.25, -0.2) is 4.52 Å². The summed E-state index contributed by atoms with van der Waals surface area (Å²) in [6.07, 6.45) is 5.43. The molecule has 0 bridgehead atoms. The van der Waals surface area contributed by atoms with Crippen molar-refractivity contribution in [2.75, 3.05) is 7.05 Å². The van der Waals surface area contributed by atoms with Gasteiger partial charge in [0, 0.05) is 39.8 Å². The Morgan fingerprint density at radius 2 is 1.85 bits per heavy atom. The number of aromatic nitrogens is 3. The summed E-state index contributed by atoms with van der Waals surface area (Å²) < 4.78 is 4.28. The van der Waals surface area contributed by atoms with E-state index < -0.39 is 0 Å². The quantitative estimate of drug-likeness (QED) is 0.353. The minimum absolute atomic E-state index is 0.117. The number of carbonyl (C=O) groups is 2. The molecule has 200 valence electrons. The third kappa shape index (κ3) is 4.57.